The van der Waals surface area contributed by atoms with Gasteiger partial charge in [-0.1, -0.05) is 20.8 Å². The van der Waals surface area contributed by atoms with Gasteiger partial charge in [-0.15, -0.1) is 0 Å². The third-order valence-corrected chi connectivity index (χ3v) is 12.6. The van der Waals surface area contributed by atoms with E-state index in [1.165, 1.54) is 59.3 Å². The molecular weight excluding hydrogens is 768 g/mol. The van der Waals surface area contributed by atoms with Gasteiger partial charge in [-0.05, 0) is 57.7 Å². The minimum absolute atomic E-state index is 0.00610. The fourth-order valence-corrected chi connectivity index (χ4v) is 8.79. The summed E-state index contributed by atoms with van der Waals surface area (Å²) in [6.45, 7) is 12.4. The number of hydrogen-bond donors (Lipinski definition) is 7. The minimum Gasteiger partial charge on any atom is -0.507 e. The van der Waals surface area contributed by atoms with Gasteiger partial charge >= 0.3 is 11.8 Å². The van der Waals surface area contributed by atoms with Crippen LogP contribution in [0, 0.1) is 36.5 Å². The molecule has 4 aliphatic heterocycles. The molecular formula is C43H56N2O14. The van der Waals surface area contributed by atoms with E-state index in [2.05, 4.69) is 10.6 Å². The maximum absolute atomic E-state index is 14.6. The van der Waals surface area contributed by atoms with Gasteiger partial charge < -0.3 is 59.9 Å². The lowest BCUT2D eigenvalue weighted by Gasteiger charge is -2.37. The van der Waals surface area contributed by atoms with Gasteiger partial charge in [0.05, 0.1) is 53.4 Å². The Morgan fingerprint density at radius 3 is 2.31 bits per heavy atom. The molecule has 2 fully saturated rings. The van der Waals surface area contributed by atoms with Crippen LogP contribution in [0.15, 0.2) is 30.1 Å². The molecule has 2 aromatic carbocycles. The van der Waals surface area contributed by atoms with Crippen LogP contribution in [0.5, 0.6) is 17.2 Å². The Kier molecular flexibility index (Phi) is 12.4. The molecule has 16 nitrogen and oxygen atoms in total. The third kappa shape index (κ3) is 8.25. The van der Waals surface area contributed by atoms with Gasteiger partial charge in [0.15, 0.2) is 17.8 Å². The summed E-state index contributed by atoms with van der Waals surface area (Å²) >= 11 is 0. The highest BCUT2D eigenvalue weighted by molar-refractivity contribution is 6.23. The number of carbonyl (C=O) groups excluding carboxylic acids is 4. The van der Waals surface area contributed by atoms with E-state index >= 15 is 0 Å². The number of benzene rings is 2. The zero-order chi connectivity index (χ0) is 43.4. The second kappa shape index (κ2) is 16.7. The number of phenols is 2. The first-order valence-corrected chi connectivity index (χ1v) is 20.0. The largest absolute Gasteiger partial charge is 0.507 e. The molecule has 16 heteroatoms. The molecule has 322 valence electrons. The van der Waals surface area contributed by atoms with Gasteiger partial charge in [-0.2, -0.15) is 0 Å². The number of aliphatic hydroxyl groups excluding tert-OH is 3. The fraction of sp³-hybridized carbons (Fsp3) is 0.581. The number of fused-ring (bicyclic) bond motifs is 12. The first kappa shape index (κ1) is 43.8. The Bertz CT molecular complexity index is 2080. The van der Waals surface area contributed by atoms with E-state index in [4.69, 9.17) is 23.7 Å². The van der Waals surface area contributed by atoms with Gasteiger partial charge in [0.25, 0.3) is 11.7 Å². The average molecular weight is 825 g/mol. The summed E-state index contributed by atoms with van der Waals surface area (Å²) in [6.07, 6.45) is -0.567. The van der Waals surface area contributed by atoms with E-state index in [1.54, 1.807) is 27.7 Å². The van der Waals surface area contributed by atoms with Crippen LogP contribution in [0.3, 0.4) is 0 Å². The summed E-state index contributed by atoms with van der Waals surface area (Å²) in [5.74, 6) is -8.63. The Balaban J connectivity index is 1.49. The number of hydrogen-bond acceptors (Lipinski definition) is 15. The molecule has 0 aromatic heterocycles. The van der Waals surface area contributed by atoms with Crippen LogP contribution >= 0.6 is 0 Å². The number of aliphatic hydroxyl groups is 3. The predicted octanol–water partition coefficient (Wildman–Crippen LogP) is 4.36. The van der Waals surface area contributed by atoms with Crippen LogP contribution in [0.25, 0.3) is 10.8 Å². The SMILES string of the molecule is CO[C@H]1/C=C\O[C@@]2(C)Oc3c(C)c(O)c4c(O)c(cc(N[C@@H]5CC[C@@H](O)O[C@H]5C)c4c3C2=O)NC(=O)/C(C)=C\C(=O)[C@@H]2C[C@@H]2[C@H](O)[C@@H](C)[C@@H](O)[C@@H](C)[C@H](OC(C)=O)[C@@H]1C. The molecule has 59 heavy (non-hydrogen) atoms. The number of Topliss-reactive ketones (excluding diaryl/α,β-unsaturated/α-hetero) is 1. The highest BCUT2D eigenvalue weighted by Gasteiger charge is 2.51. The normalized spacial score (nSPS) is 36.8. The first-order valence-electron chi connectivity index (χ1n) is 20.0. The number of anilines is 2. The summed E-state index contributed by atoms with van der Waals surface area (Å²) in [4.78, 5) is 54.0. The Morgan fingerprint density at radius 1 is 0.966 bits per heavy atom. The number of phenolic OH excluding ortho intramolecular Hbond substituents is 2. The van der Waals surface area contributed by atoms with Gasteiger partial charge in [0.1, 0.15) is 17.6 Å². The predicted molar refractivity (Wildman–Crippen MR) is 214 cm³/mol. The lowest BCUT2D eigenvalue weighted by Crippen LogP contribution is -2.46. The van der Waals surface area contributed by atoms with Crippen molar-refractivity contribution in [3.8, 4) is 17.2 Å². The summed E-state index contributed by atoms with van der Waals surface area (Å²) in [5, 5.41) is 62.4. The maximum atomic E-state index is 14.6. The summed E-state index contributed by atoms with van der Waals surface area (Å²) in [5.41, 5.74) is 0.142. The minimum atomic E-state index is -2.00. The summed E-state index contributed by atoms with van der Waals surface area (Å²) in [7, 11) is 1.43. The fourth-order valence-electron chi connectivity index (χ4n) is 8.79. The van der Waals surface area contributed by atoms with E-state index in [9.17, 15) is 44.7 Å². The standard InChI is InChI=1S/C43H56N2O14/c1-17-14-29(47)24-15-25(24)36(50)19(3)35(49)20(4)39(58-23(7)46)18(2)30(55-9)12-13-56-43(8)41(53)34-32-27(44-26-10-11-31(48)57-22(26)6)16-28(45-42(17)54)38(52)33(32)37(51)21(5)40(34)59-43/h12-14,16,18-20,22,24-26,30-31,35-36,39,44,48-52H,10-11,15H2,1-9H3,(H,45,54)/b13-12-,17-14-/t18-,19+,20-,22+,24-,25+,26-,30+,31+,35-,36-,39-,43+/m1/s1. The molecule has 4 heterocycles. The number of ether oxygens (including phenoxy) is 5. The van der Waals surface area contributed by atoms with E-state index in [1.807, 2.05) is 0 Å². The first-order chi connectivity index (χ1) is 27.7. The smallest absolute Gasteiger partial charge is 0.312 e. The van der Waals surface area contributed by atoms with Crippen molar-refractivity contribution in [3.63, 3.8) is 0 Å². The molecule has 1 amide bonds. The number of nitrogens with one attached hydrogen (secondary N) is 2. The van der Waals surface area contributed by atoms with Gasteiger partial charge in [-0.25, -0.2) is 0 Å². The average Bonchev–Trinajstić information content (AvgIpc) is 3.94. The number of ketones is 2. The Labute approximate surface area is 342 Å². The van der Waals surface area contributed by atoms with Crippen LogP contribution in [-0.4, -0.2) is 105 Å². The molecule has 2 aromatic rings. The maximum Gasteiger partial charge on any atom is 0.312 e. The lowest BCUT2D eigenvalue weighted by atomic mass is 9.79. The highest BCUT2D eigenvalue weighted by atomic mass is 16.7. The van der Waals surface area contributed by atoms with Crippen molar-refractivity contribution in [2.45, 2.75) is 123 Å². The number of carbonyl (C=O) groups is 4. The Morgan fingerprint density at radius 2 is 1.66 bits per heavy atom. The monoisotopic (exact) mass is 824 g/mol. The zero-order valence-corrected chi connectivity index (χ0v) is 34.8. The van der Waals surface area contributed by atoms with Crippen molar-refractivity contribution < 1.29 is 68.4 Å². The van der Waals surface area contributed by atoms with Gasteiger partial charge in [0, 0.05) is 73.3 Å². The van der Waals surface area contributed by atoms with Crippen LogP contribution < -0.4 is 15.4 Å². The third-order valence-electron chi connectivity index (χ3n) is 12.6. The summed E-state index contributed by atoms with van der Waals surface area (Å²) < 4.78 is 29.4. The summed E-state index contributed by atoms with van der Waals surface area (Å²) in [6, 6.07) is 0.977. The Hall–Kier alpha value is -4.74. The van der Waals surface area contributed by atoms with E-state index in [-0.39, 0.29) is 44.6 Å². The van der Waals surface area contributed by atoms with Gasteiger partial charge in [-0.3, -0.25) is 19.2 Å². The molecule has 13 atom stereocenters. The number of rotatable bonds is 4. The van der Waals surface area contributed by atoms with Gasteiger partial charge in [0.2, 0.25) is 0 Å². The number of methoxy groups -OCH3 is 1. The molecule has 0 unspecified atom stereocenters. The van der Waals surface area contributed by atoms with Crippen molar-refractivity contribution in [1.82, 2.24) is 0 Å². The highest BCUT2D eigenvalue weighted by Crippen LogP contribution is 2.54. The van der Waals surface area contributed by atoms with E-state index < -0.39 is 113 Å². The van der Waals surface area contributed by atoms with Crippen LogP contribution in [0.4, 0.5) is 11.4 Å². The van der Waals surface area contributed by atoms with Crippen molar-refractivity contribution in [3.05, 3.63) is 41.2 Å². The molecule has 0 radical (unpaired) electrons. The van der Waals surface area contributed by atoms with Crippen molar-refractivity contribution in [1.29, 1.82) is 0 Å². The number of allylic oxidation sites excluding steroid dienone is 1. The quantitative estimate of drug-likeness (QED) is 0.129. The number of esters is 1. The van der Waals surface area contributed by atoms with E-state index in [0.29, 0.717) is 19.3 Å². The topological polar surface area (TPSA) is 240 Å². The molecule has 5 aliphatic rings. The molecule has 1 saturated carbocycles. The zero-order valence-electron chi connectivity index (χ0n) is 34.8. The molecule has 0 spiro atoms. The second-order valence-electron chi connectivity index (χ2n) is 16.7. The molecule has 7 rings (SSSR count). The number of aromatic hydroxyl groups is 2. The lowest BCUT2D eigenvalue weighted by molar-refractivity contribution is -0.161. The van der Waals surface area contributed by atoms with E-state index in [0.717, 1.165) is 0 Å². The molecule has 5 bridgehead atoms. The van der Waals surface area contributed by atoms with Crippen LogP contribution in [-0.2, 0) is 33.3 Å². The van der Waals surface area contributed by atoms with Crippen molar-refractivity contribution in [2.24, 2.45) is 29.6 Å². The number of amides is 1. The second-order valence-corrected chi connectivity index (χ2v) is 16.7. The van der Waals surface area contributed by atoms with Crippen molar-refractivity contribution >= 4 is 45.6 Å². The van der Waals surface area contributed by atoms with Crippen molar-refractivity contribution in [2.75, 3.05) is 17.7 Å². The molecule has 1 saturated heterocycles. The molecule has 7 N–H and O–H groups in total. The van der Waals surface area contributed by atoms with Crippen LogP contribution in [0.2, 0.25) is 0 Å². The van der Waals surface area contributed by atoms with Crippen LogP contribution in [0.1, 0.15) is 83.7 Å². The molecule has 1 aliphatic carbocycles.